The Morgan fingerprint density at radius 2 is 1.88 bits per heavy atom. The van der Waals surface area contributed by atoms with E-state index in [4.69, 9.17) is 23.2 Å². The largest absolute Gasteiger partial charge is 0.506 e. The van der Waals surface area contributed by atoms with Crippen molar-refractivity contribution in [2.45, 2.75) is 13.3 Å². The summed E-state index contributed by atoms with van der Waals surface area (Å²) in [5.74, 6) is -3.96. The molecule has 0 aliphatic rings. The van der Waals surface area contributed by atoms with Crippen LogP contribution >= 0.6 is 23.2 Å². The van der Waals surface area contributed by atoms with Gasteiger partial charge in [0.15, 0.2) is 5.82 Å². The van der Waals surface area contributed by atoms with Gasteiger partial charge in [-0.25, -0.2) is 23.6 Å². The maximum Gasteiger partial charge on any atom is 0.341 e. The van der Waals surface area contributed by atoms with Gasteiger partial charge in [0.2, 0.25) is 0 Å². The first kappa shape index (κ1) is 19.8. The highest BCUT2D eigenvalue weighted by atomic mass is 35.5. The number of rotatable bonds is 5. The van der Waals surface area contributed by atoms with Gasteiger partial charge < -0.3 is 10.2 Å². The van der Waals surface area contributed by atoms with E-state index in [1.54, 1.807) is 6.92 Å². The number of halogens is 4. The second kappa shape index (κ2) is 8.25. The fourth-order valence-corrected chi connectivity index (χ4v) is 2.55. The number of pyridine rings is 1. The molecule has 9 heteroatoms. The molecule has 0 atom stereocenters. The summed E-state index contributed by atoms with van der Waals surface area (Å²) in [6.45, 7) is 1.57. The Kier molecular flexibility index (Phi) is 6.28. The van der Waals surface area contributed by atoms with Crippen LogP contribution in [0.1, 0.15) is 18.9 Å². The van der Waals surface area contributed by atoms with E-state index in [0.29, 0.717) is 6.07 Å². The Labute approximate surface area is 157 Å². The van der Waals surface area contributed by atoms with Crippen molar-refractivity contribution in [2.75, 3.05) is 0 Å². The molecular formula is C17H12Cl2F2N2O3. The molecule has 26 heavy (non-hydrogen) atoms. The molecule has 0 saturated carbocycles. The number of aliphatic carboxylic acids is 1. The maximum absolute atomic E-state index is 13.8. The predicted molar refractivity (Wildman–Crippen MR) is 95.2 cm³/mol. The quantitative estimate of drug-likeness (QED) is 0.312. The summed E-state index contributed by atoms with van der Waals surface area (Å²) in [7, 11) is 0. The number of aliphatic hydroxyl groups excluding tert-OH is 1. The lowest BCUT2D eigenvalue weighted by molar-refractivity contribution is -0.132. The van der Waals surface area contributed by atoms with E-state index < -0.39 is 28.9 Å². The van der Waals surface area contributed by atoms with E-state index in [2.05, 4.69) is 9.98 Å². The first-order valence-electron chi connectivity index (χ1n) is 7.26. The van der Waals surface area contributed by atoms with Crippen LogP contribution < -0.4 is 0 Å². The molecule has 1 aromatic heterocycles. The Morgan fingerprint density at radius 1 is 1.19 bits per heavy atom. The average molecular weight is 401 g/mol. The lowest BCUT2D eigenvalue weighted by Crippen LogP contribution is -2.15. The van der Waals surface area contributed by atoms with Crippen molar-refractivity contribution in [3.8, 4) is 0 Å². The standard InChI is InChI=1S/C17H12Cl2F2N2O3/c1-2-11(22-12-5-3-8(20)7-10(12)21)14(17(25)26)15(24)9-4-6-13(18)23-16(9)19/h3-7,24H,2H2,1H3,(H,25,26). The molecule has 2 aromatic rings. The summed E-state index contributed by atoms with van der Waals surface area (Å²) >= 11 is 11.6. The molecule has 1 heterocycles. The molecular weight excluding hydrogens is 389 g/mol. The average Bonchev–Trinajstić information content (AvgIpc) is 2.55. The highest BCUT2D eigenvalue weighted by Gasteiger charge is 2.23. The molecule has 0 aliphatic carbocycles. The number of benzene rings is 1. The minimum Gasteiger partial charge on any atom is -0.506 e. The molecule has 5 nitrogen and oxygen atoms in total. The van der Waals surface area contributed by atoms with E-state index in [9.17, 15) is 23.8 Å². The fourth-order valence-electron chi connectivity index (χ4n) is 2.11. The number of carbonyl (C=O) groups is 1. The second-order valence-corrected chi connectivity index (χ2v) is 5.75. The molecule has 0 fully saturated rings. The third-order valence-electron chi connectivity index (χ3n) is 3.31. The molecule has 2 N–H and O–H groups in total. The van der Waals surface area contributed by atoms with Crippen molar-refractivity contribution in [3.05, 3.63) is 63.4 Å². The zero-order chi connectivity index (χ0) is 19.4. The van der Waals surface area contributed by atoms with Gasteiger partial charge in [0, 0.05) is 6.07 Å². The molecule has 0 spiro atoms. The first-order valence-corrected chi connectivity index (χ1v) is 8.02. The van der Waals surface area contributed by atoms with Gasteiger partial charge in [-0.2, -0.15) is 0 Å². The highest BCUT2D eigenvalue weighted by molar-refractivity contribution is 6.34. The minimum absolute atomic E-state index is 0.0428. The highest BCUT2D eigenvalue weighted by Crippen LogP contribution is 2.27. The Bertz CT molecular complexity index is 930. The molecule has 0 saturated heterocycles. The number of aliphatic imine (C=N–C) groups is 1. The number of carboxylic acids is 1. The Morgan fingerprint density at radius 3 is 2.42 bits per heavy atom. The molecule has 136 valence electrons. The van der Waals surface area contributed by atoms with Gasteiger partial charge in [0.25, 0.3) is 0 Å². The van der Waals surface area contributed by atoms with Gasteiger partial charge in [-0.1, -0.05) is 30.1 Å². The van der Waals surface area contributed by atoms with Crippen LogP contribution in [0.3, 0.4) is 0 Å². The van der Waals surface area contributed by atoms with Crippen molar-refractivity contribution in [3.63, 3.8) is 0 Å². The Balaban J connectivity index is 2.66. The minimum atomic E-state index is -1.50. The van der Waals surface area contributed by atoms with E-state index in [-0.39, 0.29) is 33.7 Å². The number of nitrogens with zero attached hydrogens (tertiary/aromatic N) is 2. The predicted octanol–water partition coefficient (Wildman–Crippen LogP) is 5.20. The number of aliphatic hydroxyl groups is 1. The lowest BCUT2D eigenvalue weighted by atomic mass is 10.0. The molecule has 0 bridgehead atoms. The number of hydrogen-bond acceptors (Lipinski definition) is 4. The number of carboxylic acid groups (broad SMARTS) is 1. The van der Waals surface area contributed by atoms with Crippen molar-refractivity contribution < 1.29 is 23.8 Å². The fraction of sp³-hybridized carbons (Fsp3) is 0.118. The summed E-state index contributed by atoms with van der Waals surface area (Å²) in [4.78, 5) is 19.3. The van der Waals surface area contributed by atoms with Crippen molar-refractivity contribution in [2.24, 2.45) is 4.99 Å². The molecule has 1 aromatic carbocycles. The van der Waals surface area contributed by atoms with Crippen molar-refractivity contribution >= 4 is 46.3 Å². The van der Waals surface area contributed by atoms with E-state index in [1.807, 2.05) is 0 Å². The van der Waals surface area contributed by atoms with Gasteiger partial charge in [0.05, 0.1) is 17.0 Å². The topological polar surface area (TPSA) is 82.8 Å². The van der Waals surface area contributed by atoms with Crippen LogP contribution in [0.5, 0.6) is 0 Å². The van der Waals surface area contributed by atoms with Gasteiger partial charge in [-0.05, 0) is 30.7 Å². The van der Waals surface area contributed by atoms with Crippen LogP contribution in [-0.4, -0.2) is 26.9 Å². The molecule has 0 aliphatic heterocycles. The molecule has 0 amide bonds. The van der Waals surface area contributed by atoms with E-state index in [1.165, 1.54) is 12.1 Å². The molecule has 0 unspecified atom stereocenters. The van der Waals surface area contributed by atoms with Crippen LogP contribution in [-0.2, 0) is 4.79 Å². The summed E-state index contributed by atoms with van der Waals surface area (Å²) in [5.41, 5.74) is -1.06. The first-order chi connectivity index (χ1) is 12.2. The second-order valence-electron chi connectivity index (χ2n) is 5.01. The van der Waals surface area contributed by atoms with E-state index in [0.717, 1.165) is 12.1 Å². The normalized spacial score (nSPS) is 12.7. The van der Waals surface area contributed by atoms with Gasteiger partial charge in [0.1, 0.15) is 27.5 Å². The SMILES string of the molecule is CCC(=Nc1ccc(F)cc1F)C(C(=O)O)=C(O)c1ccc(Cl)nc1Cl. The third-order valence-corrected chi connectivity index (χ3v) is 3.81. The van der Waals surface area contributed by atoms with Crippen LogP contribution in [0.25, 0.3) is 5.76 Å². The zero-order valence-corrected chi connectivity index (χ0v) is 14.8. The smallest absolute Gasteiger partial charge is 0.341 e. The van der Waals surface area contributed by atoms with Crippen LogP contribution in [0.4, 0.5) is 14.5 Å². The van der Waals surface area contributed by atoms with Gasteiger partial charge >= 0.3 is 5.97 Å². The van der Waals surface area contributed by atoms with Crippen molar-refractivity contribution in [1.29, 1.82) is 0 Å². The molecule has 0 radical (unpaired) electrons. The number of aromatic nitrogens is 1. The van der Waals surface area contributed by atoms with Crippen LogP contribution in [0.2, 0.25) is 10.3 Å². The van der Waals surface area contributed by atoms with Crippen LogP contribution in [0, 0.1) is 11.6 Å². The lowest BCUT2D eigenvalue weighted by Gasteiger charge is -2.10. The monoisotopic (exact) mass is 400 g/mol. The summed E-state index contributed by atoms with van der Waals surface area (Å²) in [6.07, 6.45) is 0.0428. The van der Waals surface area contributed by atoms with Crippen LogP contribution in [0.15, 0.2) is 40.9 Å². The summed E-state index contributed by atoms with van der Waals surface area (Å²) < 4.78 is 26.8. The van der Waals surface area contributed by atoms with E-state index >= 15 is 0 Å². The Hall–Kier alpha value is -2.51. The molecule has 2 rings (SSSR count). The zero-order valence-electron chi connectivity index (χ0n) is 13.3. The van der Waals surface area contributed by atoms with Gasteiger partial charge in [-0.3, -0.25) is 0 Å². The number of hydrogen-bond donors (Lipinski definition) is 2. The summed E-state index contributed by atoms with van der Waals surface area (Å²) in [5, 5.41) is 19.8. The third kappa shape index (κ3) is 4.36. The van der Waals surface area contributed by atoms with Gasteiger partial charge in [-0.15, -0.1) is 0 Å². The maximum atomic E-state index is 13.8. The summed E-state index contributed by atoms with van der Waals surface area (Å²) in [6, 6.07) is 5.28. The van der Waals surface area contributed by atoms with Crippen molar-refractivity contribution in [1.82, 2.24) is 4.98 Å².